The van der Waals surface area contributed by atoms with E-state index in [2.05, 4.69) is 12.2 Å². The van der Waals surface area contributed by atoms with E-state index in [1.165, 1.54) is 25.7 Å². The Hall–Kier alpha value is -0.890. The van der Waals surface area contributed by atoms with Crippen molar-refractivity contribution in [1.82, 2.24) is 0 Å². The Balaban J connectivity index is 2.05. The van der Waals surface area contributed by atoms with Crippen molar-refractivity contribution in [3.05, 3.63) is 23.2 Å². The molecule has 0 bridgehead atoms. The first-order valence-electron chi connectivity index (χ1n) is 6.88. The maximum atomic E-state index is 6.06. The second kappa shape index (κ2) is 6.33. The molecule has 0 saturated heterocycles. The summed E-state index contributed by atoms with van der Waals surface area (Å²) in [6.45, 7) is 5.01. The number of benzene rings is 1. The number of hydrogen-bond acceptors (Lipinski definition) is 2. The Bertz CT molecular complexity index is 386. The fourth-order valence-corrected chi connectivity index (χ4v) is 2.69. The van der Waals surface area contributed by atoms with Gasteiger partial charge in [0.25, 0.3) is 0 Å². The Morgan fingerprint density at radius 3 is 2.67 bits per heavy atom. The summed E-state index contributed by atoms with van der Waals surface area (Å²) in [7, 11) is 0. The van der Waals surface area contributed by atoms with Gasteiger partial charge in [-0.2, -0.15) is 0 Å². The molecular weight excluding hydrogens is 246 g/mol. The second-order valence-corrected chi connectivity index (χ2v) is 5.61. The summed E-state index contributed by atoms with van der Waals surface area (Å²) < 4.78 is 5.63. The molecule has 1 fully saturated rings. The van der Waals surface area contributed by atoms with Crippen LogP contribution in [0.25, 0.3) is 0 Å². The number of rotatable bonds is 4. The summed E-state index contributed by atoms with van der Waals surface area (Å²) in [6, 6.07) is 6.34. The largest absolute Gasteiger partial charge is 0.492 e. The van der Waals surface area contributed by atoms with Gasteiger partial charge in [0, 0.05) is 11.1 Å². The molecule has 0 aliphatic heterocycles. The van der Waals surface area contributed by atoms with E-state index in [0.29, 0.717) is 12.6 Å². The fourth-order valence-electron chi connectivity index (χ4n) is 2.52. The van der Waals surface area contributed by atoms with E-state index < -0.39 is 0 Å². The average molecular weight is 268 g/mol. The average Bonchev–Trinajstić information content (AvgIpc) is 2.36. The smallest absolute Gasteiger partial charge is 0.142 e. The zero-order chi connectivity index (χ0) is 13.0. The van der Waals surface area contributed by atoms with E-state index in [0.717, 1.165) is 22.4 Å². The second-order valence-electron chi connectivity index (χ2n) is 5.17. The number of ether oxygens (including phenoxy) is 1. The number of halogens is 1. The summed E-state index contributed by atoms with van der Waals surface area (Å²) in [6.07, 6.45) is 5.09. The van der Waals surface area contributed by atoms with Gasteiger partial charge in [-0.3, -0.25) is 0 Å². The minimum Gasteiger partial charge on any atom is -0.492 e. The van der Waals surface area contributed by atoms with Crippen molar-refractivity contribution < 1.29 is 4.74 Å². The predicted molar refractivity (Wildman–Crippen MR) is 77.7 cm³/mol. The van der Waals surface area contributed by atoms with Gasteiger partial charge in [0.05, 0.1) is 12.3 Å². The lowest BCUT2D eigenvalue weighted by Crippen LogP contribution is -2.25. The SMILES string of the molecule is CCOc1ccc(Cl)cc1NC1CCC(C)CC1. The highest BCUT2D eigenvalue weighted by Crippen LogP contribution is 2.32. The van der Waals surface area contributed by atoms with Crippen LogP contribution >= 0.6 is 11.6 Å². The first-order chi connectivity index (χ1) is 8.69. The summed E-state index contributed by atoms with van der Waals surface area (Å²) >= 11 is 6.06. The first kappa shape index (κ1) is 13.5. The van der Waals surface area contributed by atoms with Gasteiger partial charge in [0.15, 0.2) is 0 Å². The Morgan fingerprint density at radius 2 is 2.00 bits per heavy atom. The zero-order valence-electron chi connectivity index (χ0n) is 11.2. The standard InChI is InChI=1S/C15H22ClNO/c1-3-18-15-9-6-12(16)10-14(15)17-13-7-4-11(2)5-8-13/h6,9-11,13,17H,3-5,7-8H2,1-2H3. The summed E-state index contributed by atoms with van der Waals surface area (Å²) in [5, 5.41) is 4.34. The van der Waals surface area contributed by atoms with Crippen LogP contribution in [0.15, 0.2) is 18.2 Å². The minimum atomic E-state index is 0.555. The molecular formula is C15H22ClNO. The molecule has 1 aliphatic carbocycles. The highest BCUT2D eigenvalue weighted by Gasteiger charge is 2.19. The Labute approximate surface area is 115 Å². The molecule has 0 amide bonds. The number of hydrogen-bond donors (Lipinski definition) is 1. The van der Waals surface area contributed by atoms with Crippen LogP contribution in [0, 0.1) is 5.92 Å². The Kier molecular flexibility index (Phi) is 4.76. The van der Waals surface area contributed by atoms with Gasteiger partial charge in [-0.25, -0.2) is 0 Å². The predicted octanol–water partition coefficient (Wildman–Crippen LogP) is 4.73. The zero-order valence-corrected chi connectivity index (χ0v) is 12.0. The first-order valence-corrected chi connectivity index (χ1v) is 7.25. The quantitative estimate of drug-likeness (QED) is 0.852. The molecule has 0 heterocycles. The molecule has 1 aromatic carbocycles. The third-order valence-corrected chi connectivity index (χ3v) is 3.85. The summed E-state index contributed by atoms with van der Waals surface area (Å²) in [5.41, 5.74) is 1.03. The van der Waals surface area contributed by atoms with Crippen LogP contribution in [-0.2, 0) is 0 Å². The molecule has 1 aromatic rings. The lowest BCUT2D eigenvalue weighted by molar-refractivity contribution is 0.338. The molecule has 18 heavy (non-hydrogen) atoms. The van der Waals surface area contributed by atoms with Crippen LogP contribution in [-0.4, -0.2) is 12.6 Å². The van der Waals surface area contributed by atoms with Crippen molar-refractivity contribution in [3.63, 3.8) is 0 Å². The van der Waals surface area contributed by atoms with Crippen LogP contribution in [0.5, 0.6) is 5.75 Å². The van der Waals surface area contributed by atoms with Crippen LogP contribution in [0.1, 0.15) is 39.5 Å². The van der Waals surface area contributed by atoms with Gasteiger partial charge in [0.1, 0.15) is 5.75 Å². The van der Waals surface area contributed by atoms with E-state index in [4.69, 9.17) is 16.3 Å². The highest BCUT2D eigenvalue weighted by atomic mass is 35.5. The van der Waals surface area contributed by atoms with Crippen LogP contribution < -0.4 is 10.1 Å². The number of nitrogens with one attached hydrogen (secondary N) is 1. The molecule has 0 spiro atoms. The fraction of sp³-hybridized carbons (Fsp3) is 0.600. The van der Waals surface area contributed by atoms with Gasteiger partial charge >= 0.3 is 0 Å². The van der Waals surface area contributed by atoms with E-state index in [9.17, 15) is 0 Å². The Morgan fingerprint density at radius 1 is 1.28 bits per heavy atom. The third-order valence-electron chi connectivity index (χ3n) is 3.62. The van der Waals surface area contributed by atoms with Crippen LogP contribution in [0.3, 0.4) is 0 Å². The van der Waals surface area contributed by atoms with Gasteiger partial charge in [-0.1, -0.05) is 18.5 Å². The van der Waals surface area contributed by atoms with Crippen molar-refractivity contribution in [2.24, 2.45) is 5.92 Å². The summed E-state index contributed by atoms with van der Waals surface area (Å²) in [5.74, 6) is 1.77. The molecule has 1 aliphatic rings. The molecule has 0 radical (unpaired) electrons. The third kappa shape index (κ3) is 3.55. The van der Waals surface area contributed by atoms with Crippen molar-refractivity contribution in [3.8, 4) is 5.75 Å². The molecule has 2 nitrogen and oxygen atoms in total. The molecule has 100 valence electrons. The van der Waals surface area contributed by atoms with E-state index in [-0.39, 0.29) is 0 Å². The van der Waals surface area contributed by atoms with Crippen molar-refractivity contribution in [2.45, 2.75) is 45.6 Å². The normalized spacial score (nSPS) is 23.7. The lowest BCUT2D eigenvalue weighted by Gasteiger charge is -2.28. The van der Waals surface area contributed by atoms with Crippen molar-refractivity contribution >= 4 is 17.3 Å². The molecule has 0 atom stereocenters. The molecule has 1 N–H and O–H groups in total. The van der Waals surface area contributed by atoms with E-state index in [1.54, 1.807) is 0 Å². The van der Waals surface area contributed by atoms with Gasteiger partial charge < -0.3 is 10.1 Å². The number of anilines is 1. The van der Waals surface area contributed by atoms with Crippen LogP contribution in [0.2, 0.25) is 5.02 Å². The molecule has 3 heteroatoms. The highest BCUT2D eigenvalue weighted by molar-refractivity contribution is 6.30. The van der Waals surface area contributed by atoms with Crippen LogP contribution in [0.4, 0.5) is 5.69 Å². The topological polar surface area (TPSA) is 21.3 Å². The van der Waals surface area contributed by atoms with Gasteiger partial charge in [-0.15, -0.1) is 0 Å². The molecule has 1 saturated carbocycles. The van der Waals surface area contributed by atoms with Gasteiger partial charge in [0.2, 0.25) is 0 Å². The minimum absolute atomic E-state index is 0.555. The van der Waals surface area contributed by atoms with E-state index in [1.807, 2.05) is 25.1 Å². The molecule has 0 aromatic heterocycles. The van der Waals surface area contributed by atoms with Crippen molar-refractivity contribution in [1.29, 1.82) is 0 Å². The molecule has 2 rings (SSSR count). The maximum absolute atomic E-state index is 6.06. The van der Waals surface area contributed by atoms with Crippen molar-refractivity contribution in [2.75, 3.05) is 11.9 Å². The monoisotopic (exact) mass is 267 g/mol. The summed E-state index contributed by atoms with van der Waals surface area (Å²) in [4.78, 5) is 0. The molecule has 0 unspecified atom stereocenters. The van der Waals surface area contributed by atoms with E-state index >= 15 is 0 Å². The van der Waals surface area contributed by atoms with Gasteiger partial charge in [-0.05, 0) is 56.7 Å². The lowest BCUT2D eigenvalue weighted by atomic mass is 9.87. The maximum Gasteiger partial charge on any atom is 0.142 e.